The van der Waals surface area contributed by atoms with Crippen LogP contribution in [0.1, 0.15) is 22.7 Å². The molecule has 9 N–H and O–H groups in total. The van der Waals surface area contributed by atoms with Gasteiger partial charge in [0, 0.05) is 18.7 Å². The number of nitrogens with zero attached hydrogens (tertiary/aromatic N) is 1. The summed E-state index contributed by atoms with van der Waals surface area (Å²) in [6.45, 7) is -0.456. The summed E-state index contributed by atoms with van der Waals surface area (Å²) in [5, 5.41) is 20.1. The van der Waals surface area contributed by atoms with Gasteiger partial charge in [0.25, 0.3) is 5.91 Å². The van der Waals surface area contributed by atoms with Gasteiger partial charge in [-0.05, 0) is 6.42 Å². The summed E-state index contributed by atoms with van der Waals surface area (Å²) in [5.41, 5.74) is 9.57. The number of aromatic amines is 1. The van der Waals surface area contributed by atoms with Gasteiger partial charge < -0.3 is 36.5 Å². The number of nitrogens with one attached hydrogen (secondary N) is 1. The molecule has 4 atom stereocenters. The zero-order chi connectivity index (χ0) is 17.4. The Balaban J connectivity index is 2.35. The van der Waals surface area contributed by atoms with E-state index in [1.165, 1.54) is 12.6 Å². The molecular formula is C11H18N4O7P. The first-order valence-corrected chi connectivity index (χ1v) is 8.13. The number of imidazole rings is 1. The van der Waals surface area contributed by atoms with E-state index < -0.39 is 44.0 Å². The molecule has 0 aromatic carbocycles. The number of amides is 1. The Labute approximate surface area is 130 Å². The van der Waals surface area contributed by atoms with E-state index in [2.05, 4.69) is 14.5 Å². The molecule has 1 fully saturated rings. The third kappa shape index (κ3) is 3.45. The van der Waals surface area contributed by atoms with Crippen LogP contribution in [0.25, 0.3) is 0 Å². The van der Waals surface area contributed by atoms with Gasteiger partial charge in [-0.15, -0.1) is 0 Å². The lowest BCUT2D eigenvalue weighted by atomic mass is 9.77. The summed E-state index contributed by atoms with van der Waals surface area (Å²) < 4.78 is 15.2. The van der Waals surface area contributed by atoms with Crippen molar-refractivity contribution < 1.29 is 33.9 Å². The van der Waals surface area contributed by atoms with Gasteiger partial charge in [-0.2, -0.15) is 0 Å². The van der Waals surface area contributed by atoms with E-state index in [-0.39, 0.29) is 17.9 Å². The molecule has 1 amide bonds. The molecule has 1 aliphatic rings. The standard InChI is InChI=1S/C11H18N4O7P/c12-7-3-6(16)8(17)11(7,1-2-22-23(19,20)21)10-14-4-5(15-10)9(13)18/h3-4,6-8,16-17H,1-2,12H2,(H2,13,18)(H,14,15)(H2,19,20,21). The van der Waals surface area contributed by atoms with Crippen molar-refractivity contribution in [2.45, 2.75) is 30.1 Å². The van der Waals surface area contributed by atoms with Gasteiger partial charge in [-0.3, -0.25) is 9.32 Å². The van der Waals surface area contributed by atoms with Gasteiger partial charge in [0.1, 0.15) is 11.5 Å². The predicted octanol–water partition coefficient (Wildman–Crippen LogP) is -2.49. The Morgan fingerprint density at radius 3 is 2.57 bits per heavy atom. The van der Waals surface area contributed by atoms with Crippen LogP contribution in [-0.2, 0) is 14.5 Å². The second-order valence-corrected chi connectivity index (χ2v) is 6.51. The lowest BCUT2D eigenvalue weighted by molar-refractivity contribution is 0.00259. The minimum absolute atomic E-state index is 0.0633. The average molecular weight is 349 g/mol. The average Bonchev–Trinajstić information content (AvgIpc) is 2.98. The molecule has 1 aliphatic carbocycles. The van der Waals surface area contributed by atoms with Crippen molar-refractivity contribution in [3.8, 4) is 0 Å². The smallest absolute Gasteiger partial charge is 0.390 e. The summed E-state index contributed by atoms with van der Waals surface area (Å²) in [6.07, 6.45) is -0.367. The van der Waals surface area contributed by atoms with Crippen molar-refractivity contribution in [2.75, 3.05) is 6.61 Å². The monoisotopic (exact) mass is 349 g/mol. The molecule has 1 saturated carbocycles. The van der Waals surface area contributed by atoms with Crippen molar-refractivity contribution in [2.24, 2.45) is 11.5 Å². The third-order valence-corrected chi connectivity index (χ3v) is 4.42. The number of primary amides is 1. The number of hydrogen-bond donors (Lipinski definition) is 7. The van der Waals surface area contributed by atoms with Gasteiger partial charge in [-0.25, -0.2) is 9.55 Å². The molecule has 4 unspecified atom stereocenters. The first kappa shape index (κ1) is 18.0. The van der Waals surface area contributed by atoms with Crippen LogP contribution < -0.4 is 11.5 Å². The Morgan fingerprint density at radius 1 is 1.48 bits per heavy atom. The highest BCUT2D eigenvalue weighted by atomic mass is 31.2. The summed E-state index contributed by atoms with van der Waals surface area (Å²) >= 11 is 0. The van der Waals surface area contributed by atoms with Crippen molar-refractivity contribution in [3.63, 3.8) is 0 Å². The van der Waals surface area contributed by atoms with Crippen LogP contribution in [0, 0.1) is 6.42 Å². The Bertz CT molecular complexity index is 632. The minimum atomic E-state index is -4.71. The topological polar surface area (TPSA) is 205 Å². The van der Waals surface area contributed by atoms with Crippen LogP contribution in [0.5, 0.6) is 0 Å². The molecule has 0 bridgehead atoms. The van der Waals surface area contributed by atoms with Gasteiger partial charge >= 0.3 is 7.82 Å². The molecular weight excluding hydrogens is 331 g/mol. The van der Waals surface area contributed by atoms with Crippen LogP contribution >= 0.6 is 7.82 Å². The number of hydrogen-bond acceptors (Lipinski definition) is 7. The lowest BCUT2D eigenvalue weighted by Crippen LogP contribution is -2.50. The summed E-state index contributed by atoms with van der Waals surface area (Å²) in [4.78, 5) is 35.3. The van der Waals surface area contributed by atoms with E-state index in [1.54, 1.807) is 0 Å². The van der Waals surface area contributed by atoms with Gasteiger partial charge in [0.2, 0.25) is 0 Å². The van der Waals surface area contributed by atoms with E-state index in [4.69, 9.17) is 21.3 Å². The molecule has 1 heterocycles. The minimum Gasteiger partial charge on any atom is -0.390 e. The summed E-state index contributed by atoms with van der Waals surface area (Å²) in [5.74, 6) is -0.742. The molecule has 1 radical (unpaired) electrons. The second-order valence-electron chi connectivity index (χ2n) is 5.27. The molecule has 23 heavy (non-hydrogen) atoms. The normalized spacial score (nSPS) is 31.4. The fourth-order valence-corrected chi connectivity index (χ4v) is 3.07. The van der Waals surface area contributed by atoms with E-state index in [1.807, 2.05) is 0 Å². The zero-order valence-corrected chi connectivity index (χ0v) is 12.8. The molecule has 1 aromatic rings. The van der Waals surface area contributed by atoms with Crippen molar-refractivity contribution in [3.05, 3.63) is 24.1 Å². The van der Waals surface area contributed by atoms with Gasteiger partial charge in [0.05, 0.1) is 24.2 Å². The molecule has 11 nitrogen and oxygen atoms in total. The van der Waals surface area contributed by atoms with Crippen molar-refractivity contribution in [1.29, 1.82) is 0 Å². The van der Waals surface area contributed by atoms with Crippen LogP contribution in [-0.4, -0.2) is 60.7 Å². The number of carbonyl (C=O) groups is 1. The van der Waals surface area contributed by atoms with Crippen LogP contribution in [0.3, 0.4) is 0 Å². The van der Waals surface area contributed by atoms with E-state index >= 15 is 0 Å². The maximum absolute atomic E-state index is 11.2. The van der Waals surface area contributed by atoms with Crippen LogP contribution in [0.15, 0.2) is 6.20 Å². The number of carbonyl (C=O) groups excluding carboxylic acids is 1. The van der Waals surface area contributed by atoms with E-state index in [9.17, 15) is 19.6 Å². The second kappa shape index (κ2) is 6.29. The third-order valence-electron chi connectivity index (χ3n) is 3.90. The number of rotatable bonds is 6. The highest BCUT2D eigenvalue weighted by Gasteiger charge is 2.56. The van der Waals surface area contributed by atoms with Crippen LogP contribution in [0.4, 0.5) is 0 Å². The molecule has 0 saturated heterocycles. The SMILES string of the molecule is NC(=O)c1c[nH]c(C2(CCOP(=O)(O)O)C(N)[CH]C(O)C2O)n1. The number of phosphoric acid groups is 1. The maximum Gasteiger partial charge on any atom is 0.469 e. The van der Waals surface area contributed by atoms with Crippen molar-refractivity contribution in [1.82, 2.24) is 9.97 Å². The Hall–Kier alpha value is -1.33. The fourth-order valence-electron chi connectivity index (χ4n) is 2.74. The number of H-pyrrole nitrogens is 1. The molecule has 2 rings (SSSR count). The summed E-state index contributed by atoms with van der Waals surface area (Å²) in [6, 6.07) is -0.903. The molecule has 1 aromatic heterocycles. The Morgan fingerprint density at radius 2 is 2.13 bits per heavy atom. The highest BCUT2D eigenvalue weighted by Crippen LogP contribution is 2.44. The number of nitrogens with two attached hydrogens (primary N) is 2. The Kier molecular flexibility index (Phi) is 4.92. The predicted molar refractivity (Wildman–Crippen MR) is 75.7 cm³/mol. The zero-order valence-electron chi connectivity index (χ0n) is 11.9. The lowest BCUT2D eigenvalue weighted by Gasteiger charge is -2.34. The largest absolute Gasteiger partial charge is 0.469 e. The number of aliphatic hydroxyl groups excluding tert-OH is 2. The maximum atomic E-state index is 11.2. The van der Waals surface area contributed by atoms with Gasteiger partial charge in [-0.1, -0.05) is 0 Å². The van der Waals surface area contributed by atoms with E-state index in [0.717, 1.165) is 0 Å². The molecule has 12 heteroatoms. The van der Waals surface area contributed by atoms with Crippen LogP contribution in [0.2, 0.25) is 0 Å². The first-order valence-electron chi connectivity index (χ1n) is 6.60. The number of aliphatic hydroxyl groups is 2. The molecule has 0 aliphatic heterocycles. The number of aromatic nitrogens is 2. The first-order chi connectivity index (χ1) is 10.6. The summed E-state index contributed by atoms with van der Waals surface area (Å²) in [7, 11) is -4.71. The fraction of sp³-hybridized carbons (Fsp3) is 0.545. The highest BCUT2D eigenvalue weighted by molar-refractivity contribution is 7.46. The van der Waals surface area contributed by atoms with E-state index in [0.29, 0.717) is 0 Å². The molecule has 0 spiro atoms. The van der Waals surface area contributed by atoms with Gasteiger partial charge in [0.15, 0.2) is 0 Å². The quantitative estimate of drug-likeness (QED) is 0.271. The number of phosphoric ester groups is 1. The molecule has 129 valence electrons. The van der Waals surface area contributed by atoms with Crippen molar-refractivity contribution >= 4 is 13.7 Å².